The van der Waals surface area contributed by atoms with Gasteiger partial charge in [0.2, 0.25) is 0 Å². The van der Waals surface area contributed by atoms with E-state index in [0.29, 0.717) is 12.3 Å². The van der Waals surface area contributed by atoms with E-state index >= 15 is 0 Å². The fraction of sp³-hybridized carbons (Fsp3) is 0.750. The second kappa shape index (κ2) is 6.60. The highest BCUT2D eigenvalue weighted by Gasteiger charge is 2.57. The zero-order valence-corrected chi connectivity index (χ0v) is 16.9. The second-order valence-electron chi connectivity index (χ2n) is 10.3. The molecule has 7 atom stereocenters. The molecule has 0 aliphatic heterocycles. The first-order chi connectivity index (χ1) is 13.1. The van der Waals surface area contributed by atoms with Gasteiger partial charge in [0.1, 0.15) is 0 Å². The summed E-state index contributed by atoms with van der Waals surface area (Å²) in [6, 6.07) is 1.91. The van der Waals surface area contributed by atoms with E-state index in [0.717, 1.165) is 36.0 Å². The quantitative estimate of drug-likeness (QED) is 0.682. The van der Waals surface area contributed by atoms with Crippen molar-refractivity contribution in [2.75, 3.05) is 0 Å². The summed E-state index contributed by atoms with van der Waals surface area (Å²) in [6.45, 7) is 5.33. The lowest BCUT2D eigenvalue weighted by molar-refractivity contribution is -0.129. The minimum atomic E-state index is 0.221. The topological polar surface area (TPSA) is 34.9 Å². The monoisotopic (exact) mass is 366 g/mol. The van der Waals surface area contributed by atoms with Crippen molar-refractivity contribution in [2.24, 2.45) is 40.9 Å². The summed E-state index contributed by atoms with van der Waals surface area (Å²) in [6.07, 6.45) is 16.7. The number of allylic oxidation sites excluding steroid dienone is 2. The predicted octanol–water partition coefficient (Wildman–Crippen LogP) is 5.28. The van der Waals surface area contributed by atoms with E-state index in [-0.39, 0.29) is 11.3 Å². The van der Waals surface area contributed by atoms with Gasteiger partial charge in [0.15, 0.2) is 5.78 Å². The van der Waals surface area contributed by atoms with Crippen LogP contribution in [0.25, 0.3) is 0 Å². The first-order valence-corrected chi connectivity index (χ1v) is 11.3. The molecule has 0 aromatic carbocycles. The van der Waals surface area contributed by atoms with Crippen molar-refractivity contribution in [3.63, 3.8) is 0 Å². The Kier molecular flexibility index (Phi) is 4.33. The molecule has 1 aromatic rings. The zero-order valence-electron chi connectivity index (χ0n) is 16.9. The lowest BCUT2D eigenvalue weighted by Gasteiger charge is -2.53. The Bertz CT molecular complexity index is 736. The third kappa shape index (κ3) is 2.84. The fourth-order valence-electron chi connectivity index (χ4n) is 7.66. The molecule has 4 aliphatic rings. The SMILES string of the molecule is CC1CCC2C(=CCC3C2CCC2(C)C(C(=O)Cn4cccn4)CCC32)C1. The Labute approximate surface area is 163 Å². The largest absolute Gasteiger partial charge is 0.297 e. The van der Waals surface area contributed by atoms with Gasteiger partial charge >= 0.3 is 0 Å². The highest BCUT2D eigenvalue weighted by Crippen LogP contribution is 2.63. The van der Waals surface area contributed by atoms with Crippen LogP contribution in [-0.4, -0.2) is 15.6 Å². The molecule has 0 radical (unpaired) electrons. The number of carbonyl (C=O) groups is 1. The summed E-state index contributed by atoms with van der Waals surface area (Å²) in [5.41, 5.74) is 2.02. The van der Waals surface area contributed by atoms with Crippen molar-refractivity contribution >= 4 is 5.78 Å². The van der Waals surface area contributed by atoms with Gasteiger partial charge in [-0.1, -0.05) is 25.5 Å². The fourth-order valence-corrected chi connectivity index (χ4v) is 7.66. The van der Waals surface area contributed by atoms with Crippen LogP contribution in [0.1, 0.15) is 65.2 Å². The molecule has 3 fully saturated rings. The number of aromatic nitrogens is 2. The molecule has 1 aromatic heterocycles. The van der Waals surface area contributed by atoms with E-state index in [1.165, 1.54) is 44.9 Å². The summed E-state index contributed by atoms with van der Waals surface area (Å²) in [4.78, 5) is 13.1. The van der Waals surface area contributed by atoms with Gasteiger partial charge in [0.05, 0.1) is 6.54 Å². The van der Waals surface area contributed by atoms with Gasteiger partial charge in [0.25, 0.3) is 0 Å². The molecular weight excluding hydrogens is 332 g/mol. The van der Waals surface area contributed by atoms with Crippen molar-refractivity contribution in [3.8, 4) is 0 Å². The van der Waals surface area contributed by atoms with Crippen LogP contribution >= 0.6 is 0 Å². The van der Waals surface area contributed by atoms with E-state index in [1.54, 1.807) is 11.8 Å². The Morgan fingerprint density at radius 2 is 2.11 bits per heavy atom. The highest BCUT2D eigenvalue weighted by atomic mass is 16.1. The van der Waals surface area contributed by atoms with Crippen molar-refractivity contribution in [1.82, 2.24) is 9.78 Å². The Morgan fingerprint density at radius 3 is 2.93 bits per heavy atom. The van der Waals surface area contributed by atoms with Gasteiger partial charge < -0.3 is 0 Å². The Hall–Kier alpha value is -1.38. The Morgan fingerprint density at radius 1 is 1.22 bits per heavy atom. The first kappa shape index (κ1) is 17.7. The van der Waals surface area contributed by atoms with E-state index < -0.39 is 0 Å². The molecule has 3 nitrogen and oxygen atoms in total. The molecule has 3 heteroatoms. The molecule has 5 rings (SSSR count). The number of fused-ring (bicyclic) bond motifs is 5. The maximum absolute atomic E-state index is 13.1. The molecule has 146 valence electrons. The lowest BCUT2D eigenvalue weighted by atomic mass is 9.51. The van der Waals surface area contributed by atoms with Gasteiger partial charge in [-0.25, -0.2) is 0 Å². The standard InChI is InChI=1S/C24H34N2O/c1-16-4-6-18-17(14-16)5-7-20-19(18)10-11-24(2)21(20)8-9-22(24)23(27)15-26-13-3-12-25-26/h3,5,12-13,16,18-22H,4,6-11,14-15H2,1-2H3. The molecule has 0 N–H and O–H groups in total. The van der Waals surface area contributed by atoms with Gasteiger partial charge in [0, 0.05) is 18.3 Å². The molecule has 0 spiro atoms. The highest BCUT2D eigenvalue weighted by molar-refractivity contribution is 5.82. The van der Waals surface area contributed by atoms with E-state index in [1.807, 2.05) is 16.9 Å². The van der Waals surface area contributed by atoms with Crippen LogP contribution in [0.2, 0.25) is 0 Å². The van der Waals surface area contributed by atoms with E-state index in [9.17, 15) is 4.79 Å². The smallest absolute Gasteiger partial charge is 0.157 e. The van der Waals surface area contributed by atoms with Crippen LogP contribution in [0.15, 0.2) is 30.1 Å². The summed E-state index contributed by atoms with van der Waals surface area (Å²) < 4.78 is 1.81. The predicted molar refractivity (Wildman–Crippen MR) is 107 cm³/mol. The molecular formula is C24H34N2O. The maximum atomic E-state index is 13.1. The first-order valence-electron chi connectivity index (χ1n) is 11.3. The summed E-state index contributed by atoms with van der Waals surface area (Å²) in [5, 5.41) is 4.26. The molecule has 3 saturated carbocycles. The van der Waals surface area contributed by atoms with Gasteiger partial charge in [-0.05, 0) is 92.4 Å². The molecule has 27 heavy (non-hydrogen) atoms. The third-order valence-electron chi connectivity index (χ3n) is 8.96. The number of hydrogen-bond acceptors (Lipinski definition) is 2. The minimum absolute atomic E-state index is 0.221. The van der Waals surface area contributed by atoms with E-state index in [2.05, 4.69) is 25.0 Å². The molecule has 0 saturated heterocycles. The number of Topliss-reactive ketones (excluding diaryl/α,β-unsaturated/α-hetero) is 1. The Balaban J connectivity index is 1.36. The van der Waals surface area contributed by atoms with Crippen LogP contribution < -0.4 is 0 Å². The minimum Gasteiger partial charge on any atom is -0.297 e. The molecule has 4 aliphatic carbocycles. The summed E-state index contributed by atoms with van der Waals surface area (Å²) in [5.74, 6) is 4.88. The van der Waals surface area contributed by atoms with Gasteiger partial charge in [-0.3, -0.25) is 9.48 Å². The van der Waals surface area contributed by atoms with Gasteiger partial charge in [-0.15, -0.1) is 0 Å². The normalized spacial score (nSPS) is 43.4. The van der Waals surface area contributed by atoms with Crippen LogP contribution in [0.5, 0.6) is 0 Å². The molecule has 0 bridgehead atoms. The number of carbonyl (C=O) groups excluding carboxylic acids is 1. The number of ketones is 1. The number of rotatable bonds is 3. The number of nitrogens with zero attached hydrogens (tertiary/aromatic N) is 2. The van der Waals surface area contributed by atoms with Crippen LogP contribution in [-0.2, 0) is 11.3 Å². The lowest BCUT2D eigenvalue weighted by Crippen LogP contribution is -2.47. The maximum Gasteiger partial charge on any atom is 0.157 e. The van der Waals surface area contributed by atoms with Crippen molar-refractivity contribution in [3.05, 3.63) is 30.1 Å². The third-order valence-corrected chi connectivity index (χ3v) is 8.96. The van der Waals surface area contributed by atoms with Gasteiger partial charge in [-0.2, -0.15) is 5.10 Å². The average Bonchev–Trinajstić information content (AvgIpc) is 3.28. The average molecular weight is 367 g/mol. The summed E-state index contributed by atoms with van der Waals surface area (Å²) >= 11 is 0. The van der Waals surface area contributed by atoms with Crippen LogP contribution in [0.3, 0.4) is 0 Å². The van der Waals surface area contributed by atoms with Crippen LogP contribution in [0.4, 0.5) is 0 Å². The van der Waals surface area contributed by atoms with Crippen molar-refractivity contribution < 1.29 is 4.79 Å². The zero-order chi connectivity index (χ0) is 18.6. The second-order valence-corrected chi connectivity index (χ2v) is 10.3. The van der Waals surface area contributed by atoms with Crippen molar-refractivity contribution in [1.29, 1.82) is 0 Å². The summed E-state index contributed by atoms with van der Waals surface area (Å²) in [7, 11) is 0. The molecule has 1 heterocycles. The molecule has 0 amide bonds. The number of hydrogen-bond donors (Lipinski definition) is 0. The van der Waals surface area contributed by atoms with E-state index in [4.69, 9.17) is 0 Å². The van der Waals surface area contributed by atoms with Crippen LogP contribution in [0, 0.1) is 40.9 Å². The molecule has 7 unspecified atom stereocenters. The van der Waals surface area contributed by atoms with Crippen molar-refractivity contribution in [2.45, 2.75) is 71.8 Å².